The lowest BCUT2D eigenvalue weighted by molar-refractivity contribution is 0.147. The molecule has 1 unspecified atom stereocenters. The van der Waals surface area contributed by atoms with Crippen LogP contribution in [-0.2, 0) is 13.6 Å². The summed E-state index contributed by atoms with van der Waals surface area (Å²) < 4.78 is 1.90. The van der Waals surface area contributed by atoms with Crippen LogP contribution >= 0.6 is 24.0 Å². The Labute approximate surface area is 162 Å². The molecule has 0 aromatic carbocycles. The minimum atomic E-state index is 0. The van der Waals surface area contributed by atoms with Gasteiger partial charge in [0.05, 0.1) is 0 Å². The highest BCUT2D eigenvalue weighted by molar-refractivity contribution is 14.0. The number of piperidine rings is 1. The zero-order valence-corrected chi connectivity index (χ0v) is 17.5. The second-order valence-electron chi connectivity index (χ2n) is 6.07. The Morgan fingerprint density at radius 3 is 2.83 bits per heavy atom. The van der Waals surface area contributed by atoms with E-state index in [4.69, 9.17) is 0 Å². The first-order valence-corrected chi connectivity index (χ1v) is 8.83. The third kappa shape index (κ3) is 6.54. The van der Waals surface area contributed by atoms with Gasteiger partial charge in [0.15, 0.2) is 11.8 Å². The molecule has 1 aliphatic rings. The fourth-order valence-corrected chi connectivity index (χ4v) is 3.08. The Hall–Kier alpha value is -0.900. The Bertz CT molecular complexity index is 489. The quantitative estimate of drug-likeness (QED) is 0.377. The van der Waals surface area contributed by atoms with E-state index in [9.17, 15) is 0 Å². The number of hydrogen-bond donors (Lipinski definition) is 2. The normalized spacial score (nSPS) is 19.0. The number of aliphatic imine (C=N–C) groups is 1. The molecule has 1 saturated heterocycles. The van der Waals surface area contributed by atoms with Crippen LogP contribution in [0.1, 0.15) is 45.4 Å². The van der Waals surface area contributed by atoms with E-state index in [1.165, 1.54) is 32.2 Å². The topological polar surface area (TPSA) is 70.4 Å². The molecule has 1 aromatic rings. The smallest absolute Gasteiger partial charge is 0.191 e. The fourth-order valence-electron chi connectivity index (χ4n) is 3.08. The van der Waals surface area contributed by atoms with Gasteiger partial charge < -0.3 is 15.2 Å². The average molecular weight is 449 g/mol. The molecule has 2 rings (SSSR count). The Morgan fingerprint density at radius 2 is 2.17 bits per heavy atom. The maximum absolute atomic E-state index is 4.59. The lowest BCUT2D eigenvalue weighted by Gasteiger charge is -2.35. The standard InChI is InChI=1S/C16H31N7.HI/c1-4-14-8-6-7-10-23(14)11-9-18-16(17-5-2)19-12-15-21-20-13-22(15)3;/h13-14H,4-12H2,1-3H3,(H2,17,18,19);1H. The summed E-state index contributed by atoms with van der Waals surface area (Å²) in [5.74, 6) is 1.71. The van der Waals surface area contributed by atoms with Crippen molar-refractivity contribution in [1.82, 2.24) is 30.3 Å². The lowest BCUT2D eigenvalue weighted by Crippen LogP contribution is -2.45. The number of rotatable bonds is 7. The van der Waals surface area contributed by atoms with E-state index in [0.717, 1.165) is 37.5 Å². The molecule has 138 valence electrons. The molecule has 0 aliphatic carbocycles. The van der Waals surface area contributed by atoms with Gasteiger partial charge >= 0.3 is 0 Å². The van der Waals surface area contributed by atoms with Crippen LogP contribution < -0.4 is 10.6 Å². The number of likely N-dealkylation sites (tertiary alicyclic amines) is 1. The molecule has 8 heteroatoms. The van der Waals surface area contributed by atoms with Crippen LogP contribution in [0, 0.1) is 0 Å². The zero-order chi connectivity index (χ0) is 16.5. The number of aryl methyl sites for hydroxylation is 1. The van der Waals surface area contributed by atoms with Crippen molar-refractivity contribution in [1.29, 1.82) is 0 Å². The summed E-state index contributed by atoms with van der Waals surface area (Å²) in [4.78, 5) is 7.20. The van der Waals surface area contributed by atoms with Crippen molar-refractivity contribution < 1.29 is 0 Å². The van der Waals surface area contributed by atoms with Gasteiger partial charge in [-0.3, -0.25) is 4.90 Å². The highest BCUT2D eigenvalue weighted by atomic mass is 127. The number of nitrogens with one attached hydrogen (secondary N) is 2. The summed E-state index contributed by atoms with van der Waals surface area (Å²) in [6, 6.07) is 0.753. The van der Waals surface area contributed by atoms with E-state index in [1.54, 1.807) is 6.33 Å². The monoisotopic (exact) mass is 449 g/mol. The summed E-state index contributed by atoms with van der Waals surface area (Å²) in [5, 5.41) is 14.7. The molecule has 0 spiro atoms. The van der Waals surface area contributed by atoms with Crippen LogP contribution in [0.5, 0.6) is 0 Å². The van der Waals surface area contributed by atoms with Gasteiger partial charge in [-0.05, 0) is 32.7 Å². The summed E-state index contributed by atoms with van der Waals surface area (Å²) in [7, 11) is 1.94. The van der Waals surface area contributed by atoms with Crippen LogP contribution in [0.3, 0.4) is 0 Å². The maximum atomic E-state index is 4.59. The van der Waals surface area contributed by atoms with Gasteiger partial charge in [-0.2, -0.15) is 0 Å². The van der Waals surface area contributed by atoms with E-state index < -0.39 is 0 Å². The number of halogens is 1. The molecule has 1 fully saturated rings. The van der Waals surface area contributed by atoms with Gasteiger partial charge in [0, 0.05) is 32.7 Å². The van der Waals surface area contributed by atoms with Crippen LogP contribution in [-0.4, -0.2) is 57.8 Å². The molecule has 2 N–H and O–H groups in total. The Balaban J connectivity index is 0.00000288. The predicted octanol–water partition coefficient (Wildman–Crippen LogP) is 1.75. The first-order chi connectivity index (χ1) is 11.2. The summed E-state index contributed by atoms with van der Waals surface area (Å²) in [6.45, 7) is 8.99. The summed E-state index contributed by atoms with van der Waals surface area (Å²) in [6.07, 6.45) is 7.00. The largest absolute Gasteiger partial charge is 0.357 e. The number of nitrogens with zero attached hydrogens (tertiary/aromatic N) is 5. The first kappa shape index (κ1) is 21.1. The average Bonchev–Trinajstić information content (AvgIpc) is 2.98. The lowest BCUT2D eigenvalue weighted by atomic mass is 10.0. The Kier molecular flexibility index (Phi) is 10.2. The summed E-state index contributed by atoms with van der Waals surface area (Å²) in [5.41, 5.74) is 0. The summed E-state index contributed by atoms with van der Waals surface area (Å²) >= 11 is 0. The van der Waals surface area contributed by atoms with Gasteiger partial charge in [0.1, 0.15) is 12.9 Å². The van der Waals surface area contributed by atoms with Crippen molar-refractivity contribution in [2.45, 2.75) is 52.1 Å². The highest BCUT2D eigenvalue weighted by Crippen LogP contribution is 2.18. The number of hydrogen-bond acceptors (Lipinski definition) is 4. The van der Waals surface area contributed by atoms with Gasteiger partial charge in [-0.25, -0.2) is 4.99 Å². The van der Waals surface area contributed by atoms with Crippen molar-refractivity contribution in [3.05, 3.63) is 12.2 Å². The van der Waals surface area contributed by atoms with Crippen LogP contribution in [0.25, 0.3) is 0 Å². The van der Waals surface area contributed by atoms with Crippen molar-refractivity contribution in [2.75, 3.05) is 26.2 Å². The Morgan fingerprint density at radius 1 is 1.33 bits per heavy atom. The van der Waals surface area contributed by atoms with E-state index in [-0.39, 0.29) is 24.0 Å². The van der Waals surface area contributed by atoms with Gasteiger partial charge in [-0.15, -0.1) is 34.2 Å². The molecule has 0 bridgehead atoms. The molecule has 24 heavy (non-hydrogen) atoms. The zero-order valence-electron chi connectivity index (χ0n) is 15.2. The fraction of sp³-hybridized carbons (Fsp3) is 0.812. The molecule has 0 amide bonds. The molecular formula is C16H32IN7. The first-order valence-electron chi connectivity index (χ1n) is 8.83. The van der Waals surface area contributed by atoms with Crippen LogP contribution in [0.15, 0.2) is 11.3 Å². The molecule has 1 aliphatic heterocycles. The maximum Gasteiger partial charge on any atom is 0.191 e. The van der Waals surface area contributed by atoms with Gasteiger partial charge in [-0.1, -0.05) is 13.3 Å². The van der Waals surface area contributed by atoms with E-state index in [2.05, 4.69) is 44.6 Å². The van der Waals surface area contributed by atoms with Crippen LogP contribution in [0.2, 0.25) is 0 Å². The SMILES string of the molecule is CCNC(=NCc1nncn1C)NCCN1CCCCC1CC.I. The van der Waals surface area contributed by atoms with Crippen molar-refractivity contribution in [3.63, 3.8) is 0 Å². The van der Waals surface area contributed by atoms with Gasteiger partial charge in [0.2, 0.25) is 0 Å². The van der Waals surface area contributed by atoms with Crippen molar-refractivity contribution in [2.24, 2.45) is 12.0 Å². The molecule has 2 heterocycles. The minimum Gasteiger partial charge on any atom is -0.357 e. The predicted molar refractivity (Wildman–Crippen MR) is 109 cm³/mol. The molecule has 1 aromatic heterocycles. The van der Waals surface area contributed by atoms with Crippen molar-refractivity contribution in [3.8, 4) is 0 Å². The van der Waals surface area contributed by atoms with Crippen LogP contribution in [0.4, 0.5) is 0 Å². The minimum absolute atomic E-state index is 0. The van der Waals surface area contributed by atoms with E-state index in [0.29, 0.717) is 6.54 Å². The number of aromatic nitrogens is 3. The highest BCUT2D eigenvalue weighted by Gasteiger charge is 2.19. The third-order valence-corrected chi connectivity index (χ3v) is 4.44. The second kappa shape index (κ2) is 11.6. The molecule has 7 nitrogen and oxygen atoms in total. The van der Waals surface area contributed by atoms with Crippen molar-refractivity contribution >= 4 is 29.9 Å². The molecule has 0 radical (unpaired) electrons. The van der Waals surface area contributed by atoms with E-state index >= 15 is 0 Å². The molecule has 1 atom stereocenters. The second-order valence-corrected chi connectivity index (χ2v) is 6.07. The molecule has 0 saturated carbocycles. The molecular weight excluding hydrogens is 417 g/mol. The third-order valence-electron chi connectivity index (χ3n) is 4.44. The number of guanidine groups is 1. The van der Waals surface area contributed by atoms with E-state index in [1.807, 2.05) is 11.6 Å². The van der Waals surface area contributed by atoms with Gasteiger partial charge in [0.25, 0.3) is 0 Å².